The van der Waals surface area contributed by atoms with Crippen molar-refractivity contribution in [3.05, 3.63) is 64.1 Å². The van der Waals surface area contributed by atoms with E-state index in [1.807, 2.05) is 42.5 Å². The van der Waals surface area contributed by atoms with Gasteiger partial charge in [-0.2, -0.15) is 0 Å². The standard InChI is InChI=1S/C15H16BrNO2S/c1-20(18,19)15-9-14(16)8-7-13(15)11-17-10-12-5-3-2-4-6-12/h2-9,17H,10-11H2,1H3. The highest BCUT2D eigenvalue weighted by atomic mass is 79.9. The van der Waals surface area contributed by atoms with Gasteiger partial charge < -0.3 is 5.32 Å². The van der Waals surface area contributed by atoms with Crippen molar-refractivity contribution in [3.63, 3.8) is 0 Å². The number of hydrogen-bond donors (Lipinski definition) is 1. The molecule has 3 nitrogen and oxygen atoms in total. The van der Waals surface area contributed by atoms with Crippen molar-refractivity contribution in [2.75, 3.05) is 6.26 Å². The van der Waals surface area contributed by atoms with Gasteiger partial charge >= 0.3 is 0 Å². The summed E-state index contributed by atoms with van der Waals surface area (Å²) in [6, 6.07) is 15.3. The maximum Gasteiger partial charge on any atom is 0.175 e. The first kappa shape index (κ1) is 15.2. The lowest BCUT2D eigenvalue weighted by atomic mass is 10.2. The van der Waals surface area contributed by atoms with Crippen LogP contribution < -0.4 is 5.32 Å². The van der Waals surface area contributed by atoms with E-state index in [0.717, 1.165) is 10.0 Å². The minimum atomic E-state index is -3.22. The van der Waals surface area contributed by atoms with Crippen LogP contribution in [0.3, 0.4) is 0 Å². The van der Waals surface area contributed by atoms with Gasteiger partial charge in [-0.05, 0) is 23.3 Å². The summed E-state index contributed by atoms with van der Waals surface area (Å²) in [4.78, 5) is 0.368. The van der Waals surface area contributed by atoms with E-state index in [1.165, 1.54) is 11.8 Å². The van der Waals surface area contributed by atoms with Gasteiger partial charge in [0.25, 0.3) is 0 Å². The second kappa shape index (κ2) is 6.52. The van der Waals surface area contributed by atoms with E-state index in [9.17, 15) is 8.42 Å². The summed E-state index contributed by atoms with van der Waals surface area (Å²) in [5.74, 6) is 0. The van der Waals surface area contributed by atoms with E-state index in [4.69, 9.17) is 0 Å². The zero-order chi connectivity index (χ0) is 14.6. The molecule has 0 aliphatic carbocycles. The first-order valence-corrected chi connectivity index (χ1v) is 8.88. The van der Waals surface area contributed by atoms with E-state index >= 15 is 0 Å². The normalized spacial score (nSPS) is 11.5. The van der Waals surface area contributed by atoms with Crippen LogP contribution in [-0.2, 0) is 22.9 Å². The highest BCUT2D eigenvalue weighted by Gasteiger charge is 2.13. The average Bonchev–Trinajstić information content (AvgIpc) is 2.40. The lowest BCUT2D eigenvalue weighted by Gasteiger charge is -2.10. The minimum absolute atomic E-state index is 0.368. The van der Waals surface area contributed by atoms with Gasteiger partial charge in [0, 0.05) is 23.8 Å². The fourth-order valence-corrected chi connectivity index (χ4v) is 3.43. The van der Waals surface area contributed by atoms with Gasteiger partial charge in [-0.1, -0.05) is 52.3 Å². The van der Waals surface area contributed by atoms with E-state index in [-0.39, 0.29) is 0 Å². The Labute approximate surface area is 128 Å². The molecule has 0 aliphatic heterocycles. The predicted octanol–water partition coefficient (Wildman–Crippen LogP) is 3.14. The Kier molecular flexibility index (Phi) is 4.96. The van der Waals surface area contributed by atoms with E-state index < -0.39 is 9.84 Å². The maximum atomic E-state index is 11.8. The monoisotopic (exact) mass is 353 g/mol. The Morgan fingerprint density at radius 1 is 1.05 bits per heavy atom. The van der Waals surface area contributed by atoms with Crippen molar-refractivity contribution < 1.29 is 8.42 Å². The van der Waals surface area contributed by atoms with Gasteiger partial charge in [-0.15, -0.1) is 0 Å². The first-order chi connectivity index (χ1) is 9.47. The van der Waals surface area contributed by atoms with Crippen LogP contribution in [-0.4, -0.2) is 14.7 Å². The van der Waals surface area contributed by atoms with Crippen LogP contribution in [0.2, 0.25) is 0 Å². The molecule has 1 N–H and O–H groups in total. The lowest BCUT2D eigenvalue weighted by Crippen LogP contribution is -2.15. The molecule has 0 amide bonds. The summed E-state index contributed by atoms with van der Waals surface area (Å²) in [7, 11) is -3.22. The molecule has 2 aromatic rings. The summed E-state index contributed by atoms with van der Waals surface area (Å²) < 4.78 is 24.3. The Morgan fingerprint density at radius 2 is 1.75 bits per heavy atom. The largest absolute Gasteiger partial charge is 0.309 e. The summed E-state index contributed by atoms with van der Waals surface area (Å²) in [6.45, 7) is 1.23. The van der Waals surface area contributed by atoms with Crippen molar-refractivity contribution in [2.45, 2.75) is 18.0 Å². The molecular formula is C15H16BrNO2S. The molecule has 0 spiro atoms. The van der Waals surface area contributed by atoms with Crippen LogP contribution >= 0.6 is 15.9 Å². The molecule has 0 aromatic heterocycles. The molecule has 0 atom stereocenters. The third-order valence-electron chi connectivity index (χ3n) is 2.92. The fourth-order valence-electron chi connectivity index (χ4n) is 1.96. The molecule has 0 heterocycles. The molecule has 20 heavy (non-hydrogen) atoms. The number of benzene rings is 2. The van der Waals surface area contributed by atoms with Gasteiger partial charge in [0.1, 0.15) is 0 Å². The van der Waals surface area contributed by atoms with Crippen molar-refractivity contribution in [3.8, 4) is 0 Å². The van der Waals surface area contributed by atoms with Gasteiger partial charge in [-0.25, -0.2) is 8.42 Å². The van der Waals surface area contributed by atoms with Crippen LogP contribution in [0.1, 0.15) is 11.1 Å². The maximum absolute atomic E-state index is 11.8. The molecule has 2 aromatic carbocycles. The number of halogens is 1. The topological polar surface area (TPSA) is 46.2 Å². The lowest BCUT2D eigenvalue weighted by molar-refractivity contribution is 0.598. The minimum Gasteiger partial charge on any atom is -0.309 e. The summed E-state index contributed by atoms with van der Waals surface area (Å²) in [5.41, 5.74) is 1.96. The van der Waals surface area contributed by atoms with E-state index in [0.29, 0.717) is 18.0 Å². The Balaban J connectivity index is 2.10. The molecule has 0 saturated heterocycles. The van der Waals surface area contributed by atoms with Crippen LogP contribution in [0, 0.1) is 0 Å². The molecule has 0 aliphatic rings. The van der Waals surface area contributed by atoms with Crippen LogP contribution in [0.25, 0.3) is 0 Å². The number of rotatable bonds is 5. The van der Waals surface area contributed by atoms with Crippen LogP contribution in [0.5, 0.6) is 0 Å². The number of hydrogen-bond acceptors (Lipinski definition) is 3. The van der Waals surface area contributed by atoms with Gasteiger partial charge in [-0.3, -0.25) is 0 Å². The second-order valence-corrected chi connectivity index (χ2v) is 7.51. The Hall–Kier alpha value is -1.17. The molecule has 0 unspecified atom stereocenters. The van der Waals surface area contributed by atoms with Gasteiger partial charge in [0.2, 0.25) is 0 Å². The van der Waals surface area contributed by atoms with Crippen LogP contribution in [0.15, 0.2) is 57.9 Å². The average molecular weight is 354 g/mol. The number of nitrogens with one attached hydrogen (secondary N) is 1. The Bertz CT molecular complexity index is 684. The van der Waals surface area contributed by atoms with E-state index in [2.05, 4.69) is 21.2 Å². The Morgan fingerprint density at radius 3 is 2.40 bits per heavy atom. The van der Waals surface area contributed by atoms with Crippen molar-refractivity contribution in [1.29, 1.82) is 0 Å². The zero-order valence-electron chi connectivity index (χ0n) is 11.1. The van der Waals surface area contributed by atoms with Crippen molar-refractivity contribution >= 4 is 25.8 Å². The molecule has 2 rings (SSSR count). The molecule has 0 fully saturated rings. The third-order valence-corrected chi connectivity index (χ3v) is 4.59. The summed E-state index contributed by atoms with van der Waals surface area (Å²) >= 11 is 3.31. The first-order valence-electron chi connectivity index (χ1n) is 6.20. The molecule has 106 valence electrons. The fraction of sp³-hybridized carbons (Fsp3) is 0.200. The molecule has 0 saturated carbocycles. The van der Waals surface area contributed by atoms with Gasteiger partial charge in [0.15, 0.2) is 9.84 Å². The molecule has 5 heteroatoms. The number of sulfone groups is 1. The predicted molar refractivity (Wildman–Crippen MR) is 84.2 cm³/mol. The summed E-state index contributed by atoms with van der Waals surface area (Å²) in [5, 5.41) is 3.27. The summed E-state index contributed by atoms with van der Waals surface area (Å²) in [6.07, 6.45) is 1.23. The quantitative estimate of drug-likeness (QED) is 0.897. The molecular weight excluding hydrogens is 338 g/mol. The highest BCUT2D eigenvalue weighted by Crippen LogP contribution is 2.21. The highest BCUT2D eigenvalue weighted by molar-refractivity contribution is 9.10. The molecule has 0 radical (unpaired) electrons. The second-order valence-electron chi connectivity index (χ2n) is 4.61. The smallest absolute Gasteiger partial charge is 0.175 e. The molecule has 0 bridgehead atoms. The van der Waals surface area contributed by atoms with Crippen LogP contribution in [0.4, 0.5) is 0 Å². The van der Waals surface area contributed by atoms with Crippen molar-refractivity contribution in [1.82, 2.24) is 5.32 Å². The zero-order valence-corrected chi connectivity index (χ0v) is 13.5. The SMILES string of the molecule is CS(=O)(=O)c1cc(Br)ccc1CNCc1ccccc1. The third kappa shape index (κ3) is 4.16. The van der Waals surface area contributed by atoms with E-state index in [1.54, 1.807) is 6.07 Å². The van der Waals surface area contributed by atoms with Gasteiger partial charge in [0.05, 0.1) is 4.90 Å². The van der Waals surface area contributed by atoms with Crippen molar-refractivity contribution in [2.24, 2.45) is 0 Å².